The summed E-state index contributed by atoms with van der Waals surface area (Å²) in [6.45, 7) is 1.14. The molecule has 0 saturated heterocycles. The van der Waals surface area contributed by atoms with Crippen LogP contribution < -0.4 is 16.6 Å². The molecule has 0 aliphatic heterocycles. The summed E-state index contributed by atoms with van der Waals surface area (Å²) in [5.41, 5.74) is 9.73. The van der Waals surface area contributed by atoms with Crippen molar-refractivity contribution >= 4 is 45.3 Å². The van der Waals surface area contributed by atoms with Crippen LogP contribution in [0, 0.1) is 0 Å². The monoisotopic (exact) mass is 652 g/mol. The van der Waals surface area contributed by atoms with Gasteiger partial charge in [-0.2, -0.15) is 5.10 Å². The lowest BCUT2D eigenvalue weighted by Gasteiger charge is -2.16. The van der Waals surface area contributed by atoms with Crippen molar-refractivity contribution in [2.24, 2.45) is 0 Å². The largest absolute Gasteiger partial charge is 0.508 e. The number of rotatable bonds is 12. The second kappa shape index (κ2) is 14.0. The number of benzene rings is 3. The number of halogens is 1. The third-order valence-electron chi connectivity index (χ3n) is 7.88. The molecule has 0 aliphatic carbocycles. The van der Waals surface area contributed by atoms with Crippen LogP contribution in [-0.2, 0) is 29.0 Å². The summed E-state index contributed by atoms with van der Waals surface area (Å²) in [6, 6.07) is 19.6. The maximum atomic E-state index is 14.4. The molecule has 1 amide bonds. The summed E-state index contributed by atoms with van der Waals surface area (Å²) in [4.78, 5) is 40.3. The number of amides is 1. The fourth-order valence-electron chi connectivity index (χ4n) is 5.62. The normalized spacial score (nSPS) is 11.4. The van der Waals surface area contributed by atoms with Crippen LogP contribution in [0.2, 0.25) is 5.02 Å². The van der Waals surface area contributed by atoms with Crippen molar-refractivity contribution in [3.05, 3.63) is 105 Å². The number of nitrogens with one attached hydrogen (secondary N) is 1. The number of fused-ring (bicyclic) bond motifs is 2. The number of aryl methyl sites for hydroxylation is 1. The van der Waals surface area contributed by atoms with E-state index < -0.39 is 0 Å². The number of nitrogens with two attached hydrogens (primary N) is 1. The van der Waals surface area contributed by atoms with Gasteiger partial charge in [-0.25, -0.2) is 19.6 Å². The average Bonchev–Trinajstić information content (AvgIpc) is 3.43. The number of nitrogens with zero attached hydrogens (tertiary/aromatic N) is 6. The molecule has 0 atom stereocenters. The van der Waals surface area contributed by atoms with Crippen LogP contribution in [0.25, 0.3) is 33.2 Å². The number of phenols is 1. The zero-order chi connectivity index (χ0) is 32.9. The van der Waals surface area contributed by atoms with Gasteiger partial charge in [0.1, 0.15) is 36.0 Å². The quantitative estimate of drug-likeness (QED) is 0.163. The molecule has 0 spiro atoms. The zero-order valence-electron chi connectivity index (χ0n) is 25.7. The smallest absolute Gasteiger partial charge is 0.262 e. The highest BCUT2D eigenvalue weighted by Crippen LogP contribution is 2.32. The number of phenolic OH excluding ortho intramolecular Hbond substituents is 1. The van der Waals surface area contributed by atoms with Crippen LogP contribution in [0.15, 0.2) is 77.9 Å². The number of anilines is 1. The highest BCUT2D eigenvalue weighted by Gasteiger charge is 2.21. The Balaban J connectivity index is 1.43. The van der Waals surface area contributed by atoms with Gasteiger partial charge in [-0.3, -0.25) is 14.2 Å². The summed E-state index contributed by atoms with van der Waals surface area (Å²) >= 11 is 6.56. The van der Waals surface area contributed by atoms with Gasteiger partial charge in [0, 0.05) is 30.7 Å². The maximum absolute atomic E-state index is 14.4. The van der Waals surface area contributed by atoms with Crippen molar-refractivity contribution in [2.75, 3.05) is 26.0 Å². The lowest BCUT2D eigenvalue weighted by Crippen LogP contribution is -2.28. The number of methoxy groups -OCH3 is 1. The van der Waals surface area contributed by atoms with E-state index in [9.17, 15) is 14.7 Å². The molecule has 0 unspecified atom stereocenters. The first-order valence-corrected chi connectivity index (χ1v) is 15.5. The molecule has 3 heterocycles. The molecule has 12 nitrogen and oxygen atoms in total. The molecule has 0 bridgehead atoms. The standard InChI is InChI=1S/C34H33ClN8O4/c1-47-16-15-37-28(45)14-6-9-21-8-5-13-26-29(21)34(46)42(18-23-7-2-3-12-25(23)35)27(40-26)19-43-33-30(32(36)38-20-39-33)31(41-43)22-10-4-11-24(44)17-22/h2-5,7-8,10-13,17,20,44H,6,9,14-16,18-19H2,1H3,(H,37,45)(H2,36,38,39). The van der Waals surface area contributed by atoms with Crippen molar-refractivity contribution in [3.8, 4) is 17.0 Å². The Morgan fingerprint density at radius 3 is 2.64 bits per heavy atom. The first-order chi connectivity index (χ1) is 22.8. The molecule has 3 aromatic carbocycles. The zero-order valence-corrected chi connectivity index (χ0v) is 26.4. The molecular weight excluding hydrogens is 620 g/mol. The van der Waals surface area contributed by atoms with Crippen LogP contribution in [0.3, 0.4) is 0 Å². The molecule has 47 heavy (non-hydrogen) atoms. The van der Waals surface area contributed by atoms with E-state index in [1.54, 1.807) is 46.7 Å². The second-order valence-corrected chi connectivity index (χ2v) is 11.4. The summed E-state index contributed by atoms with van der Waals surface area (Å²) in [6.07, 6.45) is 2.75. The molecule has 6 aromatic rings. The van der Waals surface area contributed by atoms with Gasteiger partial charge < -0.3 is 20.9 Å². The van der Waals surface area contributed by atoms with Gasteiger partial charge in [0.05, 0.1) is 29.4 Å². The Bertz CT molecular complexity index is 2150. The molecule has 240 valence electrons. The Kier molecular flexibility index (Phi) is 9.41. The van der Waals surface area contributed by atoms with E-state index in [4.69, 9.17) is 32.2 Å². The molecule has 0 aliphatic rings. The molecule has 0 saturated carbocycles. The number of aromatic hydroxyl groups is 1. The van der Waals surface area contributed by atoms with Crippen LogP contribution in [0.5, 0.6) is 5.75 Å². The number of hydrogen-bond donors (Lipinski definition) is 3. The summed E-state index contributed by atoms with van der Waals surface area (Å²) in [5.74, 6) is 0.672. The van der Waals surface area contributed by atoms with Crippen LogP contribution >= 0.6 is 11.6 Å². The highest BCUT2D eigenvalue weighted by molar-refractivity contribution is 6.31. The number of carbonyl (C=O) groups excluding carboxylic acids is 1. The molecule has 0 fully saturated rings. The average molecular weight is 653 g/mol. The minimum Gasteiger partial charge on any atom is -0.508 e. The van der Waals surface area contributed by atoms with Gasteiger partial charge in [0.2, 0.25) is 5.91 Å². The Morgan fingerprint density at radius 2 is 1.83 bits per heavy atom. The lowest BCUT2D eigenvalue weighted by molar-refractivity contribution is -0.121. The van der Waals surface area contributed by atoms with E-state index in [1.165, 1.54) is 6.33 Å². The van der Waals surface area contributed by atoms with Gasteiger partial charge in [-0.15, -0.1) is 0 Å². The molecule has 6 rings (SSSR count). The SMILES string of the molecule is COCCNC(=O)CCCc1cccc2nc(Cn3nc(-c4cccc(O)c4)c4c(N)ncnc43)n(Cc3ccccc3Cl)c(=O)c12. The van der Waals surface area contributed by atoms with Crippen molar-refractivity contribution in [1.82, 2.24) is 34.6 Å². The topological polar surface area (TPSA) is 163 Å². The lowest BCUT2D eigenvalue weighted by atomic mass is 10.0. The van der Waals surface area contributed by atoms with E-state index in [0.717, 1.165) is 11.1 Å². The molecular formula is C34H33ClN8O4. The first kappa shape index (κ1) is 31.6. The Labute approximate surface area is 274 Å². The van der Waals surface area contributed by atoms with E-state index >= 15 is 0 Å². The summed E-state index contributed by atoms with van der Waals surface area (Å²) in [7, 11) is 1.58. The van der Waals surface area contributed by atoms with Crippen molar-refractivity contribution < 1.29 is 14.6 Å². The number of ether oxygens (including phenoxy) is 1. The van der Waals surface area contributed by atoms with E-state index in [1.807, 2.05) is 36.4 Å². The van der Waals surface area contributed by atoms with Gasteiger partial charge in [-0.1, -0.05) is 54.1 Å². The molecule has 0 radical (unpaired) electrons. The van der Waals surface area contributed by atoms with Crippen molar-refractivity contribution in [2.45, 2.75) is 32.4 Å². The van der Waals surface area contributed by atoms with Crippen LogP contribution in [0.4, 0.5) is 5.82 Å². The minimum atomic E-state index is -0.233. The second-order valence-electron chi connectivity index (χ2n) is 11.0. The first-order valence-electron chi connectivity index (χ1n) is 15.1. The Morgan fingerprint density at radius 1 is 1.02 bits per heavy atom. The van der Waals surface area contributed by atoms with Gasteiger partial charge >= 0.3 is 0 Å². The van der Waals surface area contributed by atoms with Gasteiger partial charge in [-0.05, 0) is 48.2 Å². The Hall–Kier alpha value is -5.33. The summed E-state index contributed by atoms with van der Waals surface area (Å²) < 4.78 is 8.24. The van der Waals surface area contributed by atoms with Crippen molar-refractivity contribution in [3.63, 3.8) is 0 Å². The minimum absolute atomic E-state index is 0.0696. The van der Waals surface area contributed by atoms with E-state index in [0.29, 0.717) is 76.5 Å². The third-order valence-corrected chi connectivity index (χ3v) is 8.25. The van der Waals surface area contributed by atoms with Gasteiger partial charge in [0.25, 0.3) is 5.56 Å². The number of aromatic nitrogens is 6. The van der Waals surface area contributed by atoms with E-state index in [2.05, 4.69) is 15.3 Å². The molecule has 4 N–H and O–H groups in total. The molecule has 13 heteroatoms. The predicted octanol–water partition coefficient (Wildman–Crippen LogP) is 4.33. The van der Waals surface area contributed by atoms with Crippen LogP contribution in [0.1, 0.15) is 29.8 Å². The molecule has 3 aromatic heterocycles. The fraction of sp³-hybridized carbons (Fsp3) is 0.235. The number of carbonyl (C=O) groups is 1. The fourth-order valence-corrected chi connectivity index (χ4v) is 5.81. The number of hydrogen-bond acceptors (Lipinski definition) is 9. The predicted molar refractivity (Wildman–Crippen MR) is 180 cm³/mol. The van der Waals surface area contributed by atoms with E-state index in [-0.39, 0.29) is 36.1 Å². The van der Waals surface area contributed by atoms with Gasteiger partial charge in [0.15, 0.2) is 5.65 Å². The maximum Gasteiger partial charge on any atom is 0.262 e. The van der Waals surface area contributed by atoms with Crippen LogP contribution in [-0.4, -0.2) is 60.6 Å². The number of nitrogen functional groups attached to an aromatic ring is 1. The summed E-state index contributed by atoms with van der Waals surface area (Å²) in [5, 5.41) is 19.3. The highest BCUT2D eigenvalue weighted by atomic mass is 35.5. The van der Waals surface area contributed by atoms with Crippen molar-refractivity contribution in [1.29, 1.82) is 0 Å². The third kappa shape index (κ3) is 6.79.